The number of hydrogen-bond donors (Lipinski definition) is 2. The van der Waals surface area contributed by atoms with Gasteiger partial charge in [-0.05, 0) is 26.0 Å². The van der Waals surface area contributed by atoms with E-state index in [2.05, 4.69) is 5.32 Å². The molecular weight excluding hydrogens is 278 g/mol. The average molecular weight is 295 g/mol. The summed E-state index contributed by atoms with van der Waals surface area (Å²) in [5, 5.41) is 22.5. The van der Waals surface area contributed by atoms with Crippen molar-refractivity contribution in [2.75, 3.05) is 18.5 Å². The fourth-order valence-corrected chi connectivity index (χ4v) is 1.77. The molecule has 1 rings (SSSR count). The molecule has 2 N–H and O–H groups in total. The van der Waals surface area contributed by atoms with Gasteiger partial charge < -0.3 is 15.3 Å². The van der Waals surface area contributed by atoms with Gasteiger partial charge >= 0.3 is 5.97 Å². The van der Waals surface area contributed by atoms with E-state index < -0.39 is 22.1 Å². The minimum atomic E-state index is -1.39. The maximum atomic E-state index is 11.7. The summed E-state index contributed by atoms with van der Waals surface area (Å²) in [5.41, 5.74) is -0.475. The third-order valence-electron chi connectivity index (χ3n) is 2.68. The van der Waals surface area contributed by atoms with Gasteiger partial charge in [0.25, 0.3) is 5.69 Å². The van der Waals surface area contributed by atoms with Gasteiger partial charge in [-0.25, -0.2) is 4.79 Å². The SMILES string of the molecule is CC(C)NC(=O)CN(C)c1ccc([N+](=O)[O-])c(C(=O)O)c1. The first-order valence-corrected chi connectivity index (χ1v) is 6.24. The van der Waals surface area contributed by atoms with E-state index in [0.29, 0.717) is 5.69 Å². The summed E-state index contributed by atoms with van der Waals surface area (Å²) in [6.07, 6.45) is 0. The maximum absolute atomic E-state index is 11.7. The first kappa shape index (κ1) is 16.4. The smallest absolute Gasteiger partial charge is 0.342 e. The molecule has 0 heterocycles. The van der Waals surface area contributed by atoms with Crippen LogP contribution in [-0.4, -0.2) is 41.5 Å². The normalized spacial score (nSPS) is 10.3. The molecule has 0 fully saturated rings. The Kier molecular flexibility index (Phi) is 5.23. The summed E-state index contributed by atoms with van der Waals surface area (Å²) in [6, 6.07) is 3.71. The third-order valence-corrected chi connectivity index (χ3v) is 2.68. The van der Waals surface area contributed by atoms with Crippen LogP contribution < -0.4 is 10.2 Å². The Morgan fingerprint density at radius 1 is 1.43 bits per heavy atom. The summed E-state index contributed by atoms with van der Waals surface area (Å²) in [4.78, 5) is 34.3. The molecule has 21 heavy (non-hydrogen) atoms. The Morgan fingerprint density at radius 2 is 2.05 bits per heavy atom. The molecule has 1 aromatic carbocycles. The molecule has 0 radical (unpaired) electrons. The number of nitro groups is 1. The molecule has 0 unspecified atom stereocenters. The second-order valence-corrected chi connectivity index (χ2v) is 4.84. The van der Waals surface area contributed by atoms with Gasteiger partial charge in [0.15, 0.2) is 0 Å². The predicted molar refractivity (Wildman–Crippen MR) is 76.6 cm³/mol. The summed E-state index contributed by atoms with van der Waals surface area (Å²) in [5.74, 6) is -1.61. The van der Waals surface area contributed by atoms with Crippen molar-refractivity contribution in [1.29, 1.82) is 0 Å². The van der Waals surface area contributed by atoms with E-state index in [9.17, 15) is 19.7 Å². The minimum absolute atomic E-state index is 0.00246. The first-order chi connectivity index (χ1) is 9.72. The van der Waals surface area contributed by atoms with Crippen molar-refractivity contribution < 1.29 is 19.6 Å². The van der Waals surface area contributed by atoms with Gasteiger partial charge in [-0.2, -0.15) is 0 Å². The van der Waals surface area contributed by atoms with Crippen molar-refractivity contribution in [1.82, 2.24) is 5.32 Å². The molecule has 0 spiro atoms. The largest absolute Gasteiger partial charge is 0.477 e. The van der Waals surface area contributed by atoms with E-state index in [-0.39, 0.29) is 18.5 Å². The lowest BCUT2D eigenvalue weighted by Crippen LogP contribution is -2.38. The Hall–Kier alpha value is -2.64. The molecular formula is C13H17N3O5. The van der Waals surface area contributed by atoms with Gasteiger partial charge in [-0.1, -0.05) is 0 Å². The van der Waals surface area contributed by atoms with E-state index in [1.54, 1.807) is 7.05 Å². The van der Waals surface area contributed by atoms with Gasteiger partial charge in [-0.15, -0.1) is 0 Å². The summed E-state index contributed by atoms with van der Waals surface area (Å²) in [7, 11) is 1.60. The van der Waals surface area contributed by atoms with E-state index in [4.69, 9.17) is 5.11 Å². The fraction of sp³-hybridized carbons (Fsp3) is 0.385. The van der Waals surface area contributed by atoms with Crippen molar-refractivity contribution >= 4 is 23.3 Å². The van der Waals surface area contributed by atoms with Crippen LogP contribution >= 0.6 is 0 Å². The molecule has 1 amide bonds. The molecule has 8 nitrogen and oxygen atoms in total. The minimum Gasteiger partial charge on any atom is -0.477 e. The van der Waals surface area contributed by atoms with Crippen LogP contribution in [0.2, 0.25) is 0 Å². The number of carboxylic acid groups (broad SMARTS) is 1. The lowest BCUT2D eigenvalue weighted by atomic mass is 10.1. The van der Waals surface area contributed by atoms with E-state index in [1.807, 2.05) is 13.8 Å². The van der Waals surface area contributed by atoms with Crippen molar-refractivity contribution in [3.63, 3.8) is 0 Å². The molecule has 0 aliphatic carbocycles. The molecule has 1 aromatic rings. The molecule has 0 aliphatic rings. The maximum Gasteiger partial charge on any atom is 0.342 e. The molecule has 0 saturated carbocycles. The summed E-state index contributed by atoms with van der Waals surface area (Å²) in [6.45, 7) is 3.67. The first-order valence-electron chi connectivity index (χ1n) is 6.24. The molecule has 8 heteroatoms. The van der Waals surface area contributed by atoms with Crippen LogP contribution in [0.4, 0.5) is 11.4 Å². The van der Waals surface area contributed by atoms with Crippen LogP contribution in [-0.2, 0) is 4.79 Å². The highest BCUT2D eigenvalue weighted by Crippen LogP contribution is 2.24. The third kappa shape index (κ3) is 4.44. The van der Waals surface area contributed by atoms with Crippen LogP contribution in [0.3, 0.4) is 0 Å². The predicted octanol–water partition coefficient (Wildman–Crippen LogP) is 1.25. The van der Waals surface area contributed by atoms with Crippen molar-refractivity contribution in [2.45, 2.75) is 19.9 Å². The van der Waals surface area contributed by atoms with Crippen molar-refractivity contribution in [3.05, 3.63) is 33.9 Å². The number of carbonyl (C=O) groups is 2. The Bertz CT molecular complexity index is 571. The van der Waals surface area contributed by atoms with Gasteiger partial charge in [0.1, 0.15) is 5.56 Å². The number of nitrogens with zero attached hydrogens (tertiary/aromatic N) is 2. The van der Waals surface area contributed by atoms with Gasteiger partial charge in [0.05, 0.1) is 11.5 Å². The number of rotatable bonds is 6. The number of amides is 1. The number of aromatic carboxylic acids is 1. The van der Waals surface area contributed by atoms with Gasteiger partial charge in [0, 0.05) is 24.8 Å². The lowest BCUT2D eigenvalue weighted by molar-refractivity contribution is -0.385. The zero-order chi connectivity index (χ0) is 16.2. The highest BCUT2D eigenvalue weighted by molar-refractivity contribution is 5.94. The van der Waals surface area contributed by atoms with E-state index >= 15 is 0 Å². The van der Waals surface area contributed by atoms with Gasteiger partial charge in [-0.3, -0.25) is 14.9 Å². The standard InChI is InChI=1S/C13H17N3O5/c1-8(2)14-12(17)7-15(3)9-4-5-11(16(20)21)10(6-9)13(18)19/h4-6,8H,7H2,1-3H3,(H,14,17)(H,18,19). The molecule has 0 aliphatic heterocycles. The Balaban J connectivity index is 2.98. The van der Waals surface area contributed by atoms with Crippen LogP contribution in [0.1, 0.15) is 24.2 Å². The van der Waals surface area contributed by atoms with Crippen molar-refractivity contribution in [3.8, 4) is 0 Å². The monoisotopic (exact) mass is 295 g/mol. The number of likely N-dealkylation sites (N-methyl/N-ethyl adjacent to an activating group) is 1. The average Bonchev–Trinajstić information content (AvgIpc) is 2.36. The number of anilines is 1. The Labute approximate surface area is 121 Å². The highest BCUT2D eigenvalue weighted by Gasteiger charge is 2.21. The molecule has 0 bridgehead atoms. The quantitative estimate of drug-likeness (QED) is 0.603. The van der Waals surface area contributed by atoms with Crippen LogP contribution in [0.25, 0.3) is 0 Å². The van der Waals surface area contributed by atoms with E-state index in [1.165, 1.54) is 17.0 Å². The summed E-state index contributed by atoms with van der Waals surface area (Å²) >= 11 is 0. The zero-order valence-corrected chi connectivity index (χ0v) is 12.0. The van der Waals surface area contributed by atoms with Crippen LogP contribution in [0.15, 0.2) is 18.2 Å². The second kappa shape index (κ2) is 6.69. The zero-order valence-electron chi connectivity index (χ0n) is 12.0. The number of nitrogens with one attached hydrogen (secondary N) is 1. The van der Waals surface area contributed by atoms with Crippen LogP contribution in [0, 0.1) is 10.1 Å². The molecule has 0 atom stereocenters. The topological polar surface area (TPSA) is 113 Å². The van der Waals surface area contributed by atoms with Gasteiger partial charge in [0.2, 0.25) is 5.91 Å². The number of benzene rings is 1. The molecule has 0 saturated heterocycles. The Morgan fingerprint density at radius 3 is 2.52 bits per heavy atom. The van der Waals surface area contributed by atoms with Crippen LogP contribution in [0.5, 0.6) is 0 Å². The van der Waals surface area contributed by atoms with Crippen molar-refractivity contribution in [2.24, 2.45) is 0 Å². The van der Waals surface area contributed by atoms with E-state index in [0.717, 1.165) is 6.07 Å². The molecule has 0 aromatic heterocycles. The second-order valence-electron chi connectivity index (χ2n) is 4.84. The number of hydrogen-bond acceptors (Lipinski definition) is 5. The lowest BCUT2D eigenvalue weighted by Gasteiger charge is -2.20. The highest BCUT2D eigenvalue weighted by atomic mass is 16.6. The fourth-order valence-electron chi connectivity index (χ4n) is 1.77. The molecule has 114 valence electrons. The number of carbonyl (C=O) groups excluding carboxylic acids is 1. The number of nitro benzene ring substituents is 1. The number of carboxylic acids is 1. The summed E-state index contributed by atoms with van der Waals surface area (Å²) < 4.78 is 0.